The highest BCUT2D eigenvalue weighted by Crippen LogP contribution is 2.34. The molecule has 26 heavy (non-hydrogen) atoms. The van der Waals surface area contributed by atoms with Crippen molar-refractivity contribution in [1.29, 1.82) is 0 Å². The number of rotatable bonds is 0. The van der Waals surface area contributed by atoms with Crippen molar-refractivity contribution in [2.75, 3.05) is 5.73 Å². The number of benzene rings is 1. The zero-order valence-corrected chi connectivity index (χ0v) is 13.8. The van der Waals surface area contributed by atoms with Crippen molar-refractivity contribution in [3.05, 3.63) is 65.9 Å². The van der Waals surface area contributed by atoms with Crippen LogP contribution in [0.25, 0.3) is 22.6 Å². The first-order valence-corrected chi connectivity index (χ1v) is 8.21. The summed E-state index contributed by atoms with van der Waals surface area (Å²) in [6, 6.07) is 9.83. The summed E-state index contributed by atoms with van der Waals surface area (Å²) in [5, 5.41) is 7.22. The highest BCUT2D eigenvalue weighted by molar-refractivity contribution is 5.69. The van der Waals surface area contributed by atoms with Gasteiger partial charge in [-0.3, -0.25) is 5.10 Å². The Hall–Kier alpha value is -3.61. The normalized spacial score (nSPS) is 12.8. The number of nitrogen functional groups attached to an aromatic ring is 1. The van der Waals surface area contributed by atoms with Gasteiger partial charge < -0.3 is 14.9 Å². The zero-order valence-electron chi connectivity index (χ0n) is 13.8. The van der Waals surface area contributed by atoms with E-state index in [-0.39, 0.29) is 0 Å². The summed E-state index contributed by atoms with van der Waals surface area (Å²) < 4.78 is 11.7. The van der Waals surface area contributed by atoms with Gasteiger partial charge in [-0.1, -0.05) is 24.3 Å². The molecule has 0 atom stereocenters. The van der Waals surface area contributed by atoms with Crippen LogP contribution in [0.4, 0.5) is 5.82 Å². The van der Waals surface area contributed by atoms with Crippen LogP contribution >= 0.6 is 0 Å². The van der Waals surface area contributed by atoms with Gasteiger partial charge in [-0.25, -0.2) is 9.97 Å². The first kappa shape index (κ1) is 14.7. The molecule has 3 aromatic heterocycles. The minimum atomic E-state index is 0.349. The van der Waals surface area contributed by atoms with Gasteiger partial charge in [0.15, 0.2) is 23.7 Å². The molecule has 0 saturated heterocycles. The maximum absolute atomic E-state index is 6.00. The number of nitrogens with zero attached hydrogens (tertiary/aromatic N) is 3. The number of ether oxygens (including phenoxy) is 1. The molecule has 1 aromatic carbocycles. The lowest BCUT2D eigenvalue weighted by Gasteiger charge is -2.14. The van der Waals surface area contributed by atoms with E-state index in [1.807, 2.05) is 30.3 Å². The second-order valence-electron chi connectivity index (χ2n) is 6.13. The molecule has 0 saturated carbocycles. The van der Waals surface area contributed by atoms with Crippen LogP contribution in [-0.4, -0.2) is 20.2 Å². The second-order valence-corrected chi connectivity index (χ2v) is 6.13. The monoisotopic (exact) mass is 345 g/mol. The van der Waals surface area contributed by atoms with Crippen molar-refractivity contribution in [2.24, 2.45) is 0 Å². The average Bonchev–Trinajstić information content (AvgIpc) is 3.30. The predicted molar refractivity (Wildman–Crippen MR) is 95.3 cm³/mol. The van der Waals surface area contributed by atoms with Crippen molar-refractivity contribution in [3.8, 4) is 28.3 Å². The van der Waals surface area contributed by atoms with Crippen molar-refractivity contribution >= 4 is 5.82 Å². The number of aromatic amines is 1. The number of H-pyrrole nitrogens is 1. The minimum absolute atomic E-state index is 0.349. The Morgan fingerprint density at radius 3 is 2.96 bits per heavy atom. The van der Waals surface area contributed by atoms with Gasteiger partial charge in [0.1, 0.15) is 6.61 Å². The largest absolute Gasteiger partial charge is 0.485 e. The lowest BCUT2D eigenvalue weighted by atomic mass is 10.00. The summed E-state index contributed by atoms with van der Waals surface area (Å²) in [5.74, 6) is 1.63. The molecule has 7 heteroatoms. The number of fused-ring (bicyclic) bond motifs is 7. The zero-order chi connectivity index (χ0) is 17.5. The van der Waals surface area contributed by atoms with Crippen LogP contribution in [0.2, 0.25) is 0 Å². The highest BCUT2D eigenvalue weighted by Gasteiger charge is 2.20. The molecule has 0 aliphatic carbocycles. The number of aromatic nitrogens is 4. The van der Waals surface area contributed by atoms with Crippen molar-refractivity contribution < 1.29 is 9.15 Å². The molecular weight excluding hydrogens is 330 g/mol. The fourth-order valence-electron chi connectivity index (χ4n) is 3.22. The molecule has 7 nitrogen and oxygen atoms in total. The first-order valence-electron chi connectivity index (χ1n) is 8.21. The van der Waals surface area contributed by atoms with E-state index >= 15 is 0 Å². The van der Waals surface area contributed by atoms with E-state index in [1.165, 1.54) is 6.39 Å². The fourth-order valence-corrected chi connectivity index (χ4v) is 3.22. The van der Waals surface area contributed by atoms with E-state index in [0.717, 1.165) is 39.4 Å². The van der Waals surface area contributed by atoms with Gasteiger partial charge in [-0.2, -0.15) is 5.10 Å². The summed E-state index contributed by atoms with van der Waals surface area (Å²) in [5.41, 5.74) is 11.5. The number of nitrogens with one attached hydrogen (secondary N) is 1. The third-order valence-corrected chi connectivity index (χ3v) is 4.53. The number of anilines is 1. The molecule has 4 aromatic rings. The molecule has 128 valence electrons. The van der Waals surface area contributed by atoms with Crippen LogP contribution in [0.5, 0.6) is 5.75 Å². The van der Waals surface area contributed by atoms with Gasteiger partial charge in [0, 0.05) is 34.9 Å². The molecule has 4 heterocycles. The third kappa shape index (κ3) is 2.33. The molecule has 3 N–H and O–H groups in total. The molecule has 1 aliphatic heterocycles. The smallest absolute Gasteiger partial charge is 0.181 e. The fraction of sp³-hybridized carbons (Fsp3) is 0.105. The van der Waals surface area contributed by atoms with Gasteiger partial charge in [0.2, 0.25) is 0 Å². The van der Waals surface area contributed by atoms with Gasteiger partial charge in [-0.15, -0.1) is 0 Å². The van der Waals surface area contributed by atoms with Gasteiger partial charge in [0.25, 0.3) is 0 Å². The van der Waals surface area contributed by atoms with Crippen molar-refractivity contribution in [3.63, 3.8) is 0 Å². The molecule has 5 rings (SSSR count). The Morgan fingerprint density at radius 1 is 1.08 bits per heavy atom. The number of hydrogen-bond donors (Lipinski definition) is 2. The number of hydrogen-bond acceptors (Lipinski definition) is 6. The van der Waals surface area contributed by atoms with Gasteiger partial charge in [0.05, 0.1) is 17.6 Å². The van der Waals surface area contributed by atoms with Crippen LogP contribution in [0.3, 0.4) is 0 Å². The summed E-state index contributed by atoms with van der Waals surface area (Å²) in [4.78, 5) is 8.69. The number of nitrogens with two attached hydrogens (primary N) is 1. The van der Waals surface area contributed by atoms with Crippen LogP contribution in [0.15, 0.2) is 53.5 Å². The van der Waals surface area contributed by atoms with E-state index in [9.17, 15) is 0 Å². The average molecular weight is 345 g/mol. The highest BCUT2D eigenvalue weighted by atomic mass is 16.5. The number of oxazole rings is 1. The second kappa shape index (κ2) is 5.73. The van der Waals surface area contributed by atoms with E-state index in [1.54, 1.807) is 12.4 Å². The molecule has 0 unspecified atom stereocenters. The minimum Gasteiger partial charge on any atom is -0.485 e. The Kier molecular flexibility index (Phi) is 3.24. The van der Waals surface area contributed by atoms with Gasteiger partial charge >= 0.3 is 0 Å². The maximum Gasteiger partial charge on any atom is 0.181 e. The first-order chi connectivity index (χ1) is 12.8. The predicted octanol–water partition coefficient (Wildman–Crippen LogP) is 3.19. The van der Waals surface area contributed by atoms with E-state index in [2.05, 4.69) is 20.2 Å². The molecule has 1 aliphatic rings. The Labute approximate surface area is 148 Å². The lowest BCUT2D eigenvalue weighted by molar-refractivity contribution is 0.307. The topological polar surface area (TPSA) is 103 Å². The quantitative estimate of drug-likeness (QED) is 0.507. The Morgan fingerprint density at radius 2 is 2.00 bits per heavy atom. The lowest BCUT2D eigenvalue weighted by Crippen LogP contribution is -2.04. The van der Waals surface area contributed by atoms with E-state index < -0.39 is 0 Å². The summed E-state index contributed by atoms with van der Waals surface area (Å²) >= 11 is 0. The summed E-state index contributed by atoms with van der Waals surface area (Å²) in [6.07, 6.45) is 5.57. The van der Waals surface area contributed by atoms with Crippen LogP contribution < -0.4 is 10.5 Å². The summed E-state index contributed by atoms with van der Waals surface area (Å²) in [7, 11) is 0. The van der Waals surface area contributed by atoms with Crippen LogP contribution in [0, 0.1) is 0 Å². The Bertz CT molecular complexity index is 1100. The maximum atomic E-state index is 6.00. The molecular formula is C19H15N5O2. The van der Waals surface area contributed by atoms with Crippen molar-refractivity contribution in [2.45, 2.75) is 13.0 Å². The molecule has 0 spiro atoms. The van der Waals surface area contributed by atoms with E-state index in [4.69, 9.17) is 14.9 Å². The van der Waals surface area contributed by atoms with E-state index in [0.29, 0.717) is 24.6 Å². The number of pyridine rings is 1. The SMILES string of the molecule is Nc1ncc2cc1OCc1ccccc1-c1ocnc1Cc1cn[nH]c1-2. The van der Waals surface area contributed by atoms with Crippen LogP contribution in [0.1, 0.15) is 16.8 Å². The standard InChI is InChI=1S/C19H15N5O2/c20-19-16-6-13(7-21-19)17-12(8-23-24-17)5-15-18(26-10-22-15)14-4-2-1-3-11(14)9-25-16/h1-4,6-8,10H,5,9H2,(H2,20,21)(H,23,24). The Balaban J connectivity index is 1.74. The molecule has 0 fully saturated rings. The molecule has 2 bridgehead atoms. The third-order valence-electron chi connectivity index (χ3n) is 4.53. The van der Waals surface area contributed by atoms with Crippen LogP contribution in [-0.2, 0) is 13.0 Å². The molecule has 0 amide bonds. The van der Waals surface area contributed by atoms with Gasteiger partial charge in [-0.05, 0) is 6.07 Å². The summed E-state index contributed by atoms with van der Waals surface area (Å²) in [6.45, 7) is 0.349. The van der Waals surface area contributed by atoms with Crippen molar-refractivity contribution in [1.82, 2.24) is 20.2 Å². The molecule has 0 radical (unpaired) electrons.